The van der Waals surface area contributed by atoms with Gasteiger partial charge in [-0.25, -0.2) is 9.79 Å². The van der Waals surface area contributed by atoms with Crippen molar-refractivity contribution in [2.45, 2.75) is 19.5 Å². The summed E-state index contributed by atoms with van der Waals surface area (Å²) in [5.74, 6) is -0.405. The maximum Gasteiger partial charge on any atom is 0.359 e. The summed E-state index contributed by atoms with van der Waals surface area (Å²) < 4.78 is 5.34. The van der Waals surface area contributed by atoms with Crippen molar-refractivity contribution in [3.05, 3.63) is 83.6 Å². The molecule has 0 aromatic heterocycles. The Morgan fingerprint density at radius 2 is 1.71 bits per heavy atom. The first-order valence-corrected chi connectivity index (χ1v) is 8.00. The van der Waals surface area contributed by atoms with Crippen LogP contribution in [-0.4, -0.2) is 18.3 Å². The van der Waals surface area contributed by atoms with E-state index >= 15 is 0 Å². The molecule has 1 aliphatic rings. The molecule has 0 amide bonds. The standard InChI is InChI=1S/C20H20N2O2/c1-3-24-19(23)20(17-12-8-5-9-13-17)21-15(2)14-18(22-20)16-10-6-4-7-11-16/h4-14,21H,3H2,1-2H3. The van der Waals surface area contributed by atoms with Gasteiger partial charge in [0.05, 0.1) is 12.3 Å². The Balaban J connectivity index is 2.16. The Morgan fingerprint density at radius 1 is 1.08 bits per heavy atom. The lowest BCUT2D eigenvalue weighted by atomic mass is 9.96. The zero-order valence-corrected chi connectivity index (χ0v) is 13.8. The first-order valence-electron chi connectivity index (χ1n) is 8.00. The van der Waals surface area contributed by atoms with Crippen LogP contribution in [0, 0.1) is 0 Å². The number of aliphatic imine (C=N–C) groups is 1. The van der Waals surface area contributed by atoms with Gasteiger partial charge in [0.25, 0.3) is 5.66 Å². The molecule has 122 valence electrons. The molecule has 0 aliphatic carbocycles. The number of ether oxygens (including phenoxy) is 1. The summed E-state index contributed by atoms with van der Waals surface area (Å²) in [6, 6.07) is 19.3. The minimum absolute atomic E-state index is 0.300. The predicted molar refractivity (Wildman–Crippen MR) is 94.6 cm³/mol. The van der Waals surface area contributed by atoms with Crippen LogP contribution in [0.5, 0.6) is 0 Å². The molecule has 1 atom stereocenters. The molecule has 1 aliphatic heterocycles. The minimum atomic E-state index is -1.26. The first-order chi connectivity index (χ1) is 11.7. The van der Waals surface area contributed by atoms with Crippen molar-refractivity contribution < 1.29 is 9.53 Å². The van der Waals surface area contributed by atoms with Gasteiger partial charge in [-0.2, -0.15) is 0 Å². The van der Waals surface area contributed by atoms with Crippen LogP contribution in [0.4, 0.5) is 0 Å². The van der Waals surface area contributed by atoms with Gasteiger partial charge in [-0.1, -0.05) is 60.7 Å². The Bertz CT molecular complexity index is 782. The number of nitrogens with zero attached hydrogens (tertiary/aromatic N) is 1. The van der Waals surface area contributed by atoms with Crippen LogP contribution in [0.3, 0.4) is 0 Å². The fraction of sp³-hybridized carbons (Fsp3) is 0.200. The van der Waals surface area contributed by atoms with Gasteiger partial charge in [-0.05, 0) is 25.5 Å². The average molecular weight is 320 g/mol. The van der Waals surface area contributed by atoms with Crippen LogP contribution in [0.25, 0.3) is 0 Å². The number of hydrogen-bond acceptors (Lipinski definition) is 4. The van der Waals surface area contributed by atoms with Gasteiger partial charge in [-0.3, -0.25) is 0 Å². The number of allylic oxidation sites excluding steroid dienone is 2. The fourth-order valence-corrected chi connectivity index (χ4v) is 2.79. The molecule has 0 saturated carbocycles. The maximum absolute atomic E-state index is 12.8. The zero-order valence-electron chi connectivity index (χ0n) is 13.8. The molecular weight excluding hydrogens is 300 g/mol. The molecule has 0 radical (unpaired) electrons. The summed E-state index contributed by atoms with van der Waals surface area (Å²) in [7, 11) is 0. The molecule has 24 heavy (non-hydrogen) atoms. The molecule has 1 N–H and O–H groups in total. The molecular formula is C20H20N2O2. The highest BCUT2D eigenvalue weighted by molar-refractivity contribution is 6.11. The van der Waals surface area contributed by atoms with Crippen molar-refractivity contribution in [1.29, 1.82) is 0 Å². The summed E-state index contributed by atoms with van der Waals surface area (Å²) >= 11 is 0. The molecule has 4 nitrogen and oxygen atoms in total. The third-order valence-electron chi connectivity index (χ3n) is 3.85. The van der Waals surface area contributed by atoms with Crippen molar-refractivity contribution in [3.8, 4) is 0 Å². The van der Waals surface area contributed by atoms with E-state index < -0.39 is 11.6 Å². The molecule has 4 heteroatoms. The SMILES string of the molecule is CCOC(=O)C1(c2ccccc2)N=C(c2ccccc2)C=C(C)N1. The van der Waals surface area contributed by atoms with Gasteiger partial charge >= 0.3 is 5.97 Å². The number of nitrogens with one attached hydrogen (secondary N) is 1. The largest absolute Gasteiger partial charge is 0.463 e. The van der Waals surface area contributed by atoms with E-state index in [0.29, 0.717) is 6.61 Å². The topological polar surface area (TPSA) is 50.7 Å². The van der Waals surface area contributed by atoms with Crippen LogP contribution in [0.15, 0.2) is 77.4 Å². The quantitative estimate of drug-likeness (QED) is 0.879. The lowest BCUT2D eigenvalue weighted by molar-refractivity contribution is -0.151. The van der Waals surface area contributed by atoms with E-state index in [4.69, 9.17) is 9.73 Å². The van der Waals surface area contributed by atoms with Crippen LogP contribution >= 0.6 is 0 Å². The molecule has 3 rings (SSSR count). The lowest BCUT2D eigenvalue weighted by Crippen LogP contribution is -2.50. The van der Waals surface area contributed by atoms with Crippen LogP contribution in [0.2, 0.25) is 0 Å². The molecule has 2 aromatic carbocycles. The highest BCUT2D eigenvalue weighted by atomic mass is 16.5. The summed E-state index contributed by atoms with van der Waals surface area (Å²) in [5.41, 5.74) is 2.07. The van der Waals surface area contributed by atoms with E-state index in [1.165, 1.54) is 0 Å². The molecule has 0 saturated heterocycles. The number of benzene rings is 2. The number of carbonyl (C=O) groups is 1. The number of hydrogen-bond donors (Lipinski definition) is 1. The van der Waals surface area contributed by atoms with Gasteiger partial charge in [0.2, 0.25) is 0 Å². The molecule has 0 spiro atoms. The molecule has 1 unspecified atom stereocenters. The second-order valence-electron chi connectivity index (χ2n) is 5.61. The third kappa shape index (κ3) is 2.95. The number of esters is 1. The van der Waals surface area contributed by atoms with E-state index in [0.717, 1.165) is 22.5 Å². The van der Waals surface area contributed by atoms with E-state index in [9.17, 15) is 4.79 Å². The zero-order chi connectivity index (χ0) is 17.0. The van der Waals surface area contributed by atoms with Crippen LogP contribution in [-0.2, 0) is 15.2 Å². The van der Waals surface area contributed by atoms with Crippen molar-refractivity contribution in [2.75, 3.05) is 6.61 Å². The average Bonchev–Trinajstić information content (AvgIpc) is 2.63. The second-order valence-corrected chi connectivity index (χ2v) is 5.61. The first kappa shape index (κ1) is 16.0. The predicted octanol–water partition coefficient (Wildman–Crippen LogP) is 3.40. The van der Waals surface area contributed by atoms with Crippen LogP contribution < -0.4 is 5.32 Å². The monoisotopic (exact) mass is 320 g/mol. The fourth-order valence-electron chi connectivity index (χ4n) is 2.79. The van der Waals surface area contributed by atoms with E-state index in [-0.39, 0.29) is 0 Å². The van der Waals surface area contributed by atoms with Crippen molar-refractivity contribution in [2.24, 2.45) is 4.99 Å². The van der Waals surface area contributed by atoms with Gasteiger partial charge in [0, 0.05) is 11.3 Å². The Hall–Kier alpha value is -2.88. The summed E-state index contributed by atoms with van der Waals surface area (Å²) in [5, 5.41) is 3.23. The molecule has 0 bridgehead atoms. The van der Waals surface area contributed by atoms with Gasteiger partial charge in [-0.15, -0.1) is 0 Å². The molecule has 1 heterocycles. The van der Waals surface area contributed by atoms with Gasteiger partial charge in [0.1, 0.15) is 0 Å². The summed E-state index contributed by atoms with van der Waals surface area (Å²) in [6.45, 7) is 4.02. The minimum Gasteiger partial charge on any atom is -0.463 e. The number of carbonyl (C=O) groups excluding carboxylic acids is 1. The van der Waals surface area contributed by atoms with Crippen molar-refractivity contribution in [3.63, 3.8) is 0 Å². The summed E-state index contributed by atoms with van der Waals surface area (Å²) in [4.78, 5) is 17.6. The smallest absolute Gasteiger partial charge is 0.359 e. The third-order valence-corrected chi connectivity index (χ3v) is 3.85. The molecule has 0 fully saturated rings. The van der Waals surface area contributed by atoms with Crippen molar-refractivity contribution in [1.82, 2.24) is 5.32 Å². The van der Waals surface area contributed by atoms with E-state index in [1.807, 2.05) is 73.7 Å². The lowest BCUT2D eigenvalue weighted by Gasteiger charge is -2.33. The normalized spacial score (nSPS) is 19.8. The Labute approximate surface area is 141 Å². The highest BCUT2D eigenvalue weighted by Gasteiger charge is 2.43. The van der Waals surface area contributed by atoms with Crippen molar-refractivity contribution >= 4 is 11.7 Å². The number of rotatable bonds is 4. The highest BCUT2D eigenvalue weighted by Crippen LogP contribution is 2.30. The van der Waals surface area contributed by atoms with E-state index in [1.54, 1.807) is 6.92 Å². The summed E-state index contributed by atoms with van der Waals surface area (Å²) in [6.07, 6.45) is 1.94. The van der Waals surface area contributed by atoms with E-state index in [2.05, 4.69) is 5.32 Å². The Kier molecular flexibility index (Phi) is 4.47. The second kappa shape index (κ2) is 6.71. The van der Waals surface area contributed by atoms with Gasteiger partial charge in [0.15, 0.2) is 0 Å². The molecule has 2 aromatic rings. The maximum atomic E-state index is 12.8. The Morgan fingerprint density at radius 3 is 2.33 bits per heavy atom. The van der Waals surface area contributed by atoms with Crippen LogP contribution in [0.1, 0.15) is 25.0 Å². The van der Waals surface area contributed by atoms with Gasteiger partial charge < -0.3 is 10.1 Å².